The summed E-state index contributed by atoms with van der Waals surface area (Å²) in [5.74, 6) is -0.338. The molecule has 2 aromatic rings. The molecule has 0 bridgehead atoms. The van der Waals surface area contributed by atoms with Crippen molar-refractivity contribution in [1.29, 1.82) is 0 Å². The fourth-order valence-corrected chi connectivity index (χ4v) is 3.71. The van der Waals surface area contributed by atoms with Gasteiger partial charge >= 0.3 is 0 Å². The number of anilines is 2. The summed E-state index contributed by atoms with van der Waals surface area (Å²) in [7, 11) is -3.76. The van der Waals surface area contributed by atoms with Gasteiger partial charge in [-0.1, -0.05) is 0 Å². The molecule has 0 saturated carbocycles. The predicted octanol–water partition coefficient (Wildman–Crippen LogP) is 3.41. The molecule has 0 radical (unpaired) electrons. The minimum atomic E-state index is -3.76. The second-order valence-electron chi connectivity index (χ2n) is 6.39. The number of nitrogens with zero attached hydrogens (tertiary/aromatic N) is 1. The molecule has 27 heavy (non-hydrogen) atoms. The Kier molecular flexibility index (Phi) is 6.43. The number of halogens is 1. The van der Waals surface area contributed by atoms with E-state index < -0.39 is 27.8 Å². The Morgan fingerprint density at radius 3 is 2.07 bits per heavy atom. The number of nitrogens with one attached hydrogen (secondary N) is 1. The first kappa shape index (κ1) is 20.7. The number of rotatable bonds is 7. The number of hydrogen-bond donors (Lipinski definition) is 1. The maximum Gasteiger partial charge on any atom is 0.247 e. The minimum Gasteiger partial charge on any atom is -0.491 e. The first-order valence-electron chi connectivity index (χ1n) is 8.40. The van der Waals surface area contributed by atoms with Gasteiger partial charge in [0.15, 0.2) is 0 Å². The predicted molar refractivity (Wildman–Crippen MR) is 104 cm³/mol. The molecule has 0 aliphatic rings. The van der Waals surface area contributed by atoms with E-state index in [2.05, 4.69) is 5.32 Å². The molecule has 8 heteroatoms. The first-order chi connectivity index (χ1) is 12.6. The highest BCUT2D eigenvalue weighted by molar-refractivity contribution is 7.92. The second kappa shape index (κ2) is 8.39. The largest absolute Gasteiger partial charge is 0.491 e. The van der Waals surface area contributed by atoms with Gasteiger partial charge in [-0.3, -0.25) is 9.10 Å². The molecule has 0 spiro atoms. The van der Waals surface area contributed by atoms with Crippen LogP contribution >= 0.6 is 0 Å². The van der Waals surface area contributed by atoms with Gasteiger partial charge in [-0.15, -0.1) is 0 Å². The quantitative estimate of drug-likeness (QED) is 0.781. The van der Waals surface area contributed by atoms with Gasteiger partial charge in [0.2, 0.25) is 15.9 Å². The Labute approximate surface area is 159 Å². The zero-order valence-corrected chi connectivity index (χ0v) is 16.5. The number of carbonyl (C=O) groups excluding carboxylic acids is 1. The Morgan fingerprint density at radius 1 is 1.04 bits per heavy atom. The van der Waals surface area contributed by atoms with Crippen LogP contribution in [0, 0.1) is 5.82 Å². The van der Waals surface area contributed by atoms with Crippen LogP contribution in [-0.4, -0.2) is 32.7 Å². The molecule has 0 aromatic heterocycles. The lowest BCUT2D eigenvalue weighted by atomic mass is 10.2. The molecular formula is C19H23FN2O4S. The summed E-state index contributed by atoms with van der Waals surface area (Å²) in [6, 6.07) is 10.7. The maximum absolute atomic E-state index is 13.1. The molecule has 0 heterocycles. The van der Waals surface area contributed by atoms with Crippen LogP contribution in [0.2, 0.25) is 0 Å². The van der Waals surface area contributed by atoms with Gasteiger partial charge in [0.25, 0.3) is 0 Å². The lowest BCUT2D eigenvalue weighted by Gasteiger charge is -2.28. The fourth-order valence-electron chi connectivity index (χ4n) is 2.53. The summed E-state index contributed by atoms with van der Waals surface area (Å²) in [5.41, 5.74) is 0.720. The number of carbonyl (C=O) groups is 1. The molecule has 146 valence electrons. The smallest absolute Gasteiger partial charge is 0.247 e. The van der Waals surface area contributed by atoms with Gasteiger partial charge in [0.05, 0.1) is 18.0 Å². The van der Waals surface area contributed by atoms with Crippen molar-refractivity contribution in [3.63, 3.8) is 0 Å². The van der Waals surface area contributed by atoms with Crippen LogP contribution in [0.25, 0.3) is 0 Å². The summed E-state index contributed by atoms with van der Waals surface area (Å²) < 4.78 is 44.0. The van der Waals surface area contributed by atoms with E-state index >= 15 is 0 Å². The number of sulfonamides is 1. The summed E-state index contributed by atoms with van der Waals surface area (Å²) in [6.45, 7) is 5.29. The van der Waals surface area contributed by atoms with Crippen molar-refractivity contribution in [2.24, 2.45) is 0 Å². The Hall–Kier alpha value is -2.61. The van der Waals surface area contributed by atoms with E-state index in [1.807, 2.05) is 13.8 Å². The zero-order valence-electron chi connectivity index (χ0n) is 15.6. The number of benzene rings is 2. The highest BCUT2D eigenvalue weighted by atomic mass is 32.2. The zero-order chi connectivity index (χ0) is 20.2. The monoisotopic (exact) mass is 394 g/mol. The lowest BCUT2D eigenvalue weighted by molar-refractivity contribution is -0.116. The van der Waals surface area contributed by atoms with Gasteiger partial charge in [0, 0.05) is 5.69 Å². The van der Waals surface area contributed by atoms with Crippen LogP contribution < -0.4 is 14.4 Å². The third kappa shape index (κ3) is 5.68. The summed E-state index contributed by atoms with van der Waals surface area (Å²) in [6.07, 6.45) is 1.03. The first-order valence-corrected chi connectivity index (χ1v) is 10.3. The van der Waals surface area contributed by atoms with Crippen LogP contribution in [0.1, 0.15) is 20.8 Å². The SMILES string of the molecule is CC(C)Oc1ccc(NC(=O)C(C)N(c2ccc(F)cc2)S(C)(=O)=O)cc1. The molecule has 0 aliphatic heterocycles. The summed E-state index contributed by atoms with van der Waals surface area (Å²) >= 11 is 0. The standard InChI is InChI=1S/C19H23FN2O4S/c1-13(2)26-18-11-7-16(8-12-18)21-19(23)14(3)22(27(4,24)25)17-9-5-15(20)6-10-17/h5-14H,1-4H3,(H,21,23). The Morgan fingerprint density at radius 2 is 1.59 bits per heavy atom. The molecule has 1 unspecified atom stereocenters. The van der Waals surface area contributed by atoms with Gasteiger partial charge in [0.1, 0.15) is 17.6 Å². The van der Waals surface area contributed by atoms with Crippen LogP contribution in [0.4, 0.5) is 15.8 Å². The topological polar surface area (TPSA) is 75.7 Å². The van der Waals surface area contributed by atoms with Crippen molar-refractivity contribution in [3.8, 4) is 5.75 Å². The van der Waals surface area contributed by atoms with E-state index in [0.29, 0.717) is 11.4 Å². The van der Waals surface area contributed by atoms with Gasteiger partial charge in [-0.2, -0.15) is 0 Å². The van der Waals surface area contributed by atoms with Crippen LogP contribution in [0.5, 0.6) is 5.75 Å². The highest BCUT2D eigenvalue weighted by Crippen LogP contribution is 2.22. The number of hydrogen-bond acceptors (Lipinski definition) is 4. The third-order valence-electron chi connectivity index (χ3n) is 3.66. The minimum absolute atomic E-state index is 0.0319. The molecule has 6 nitrogen and oxygen atoms in total. The van der Waals surface area contributed by atoms with Gasteiger partial charge in [-0.05, 0) is 69.3 Å². The van der Waals surface area contributed by atoms with E-state index in [0.717, 1.165) is 22.7 Å². The second-order valence-corrected chi connectivity index (χ2v) is 8.25. The Bertz CT molecular complexity index is 881. The highest BCUT2D eigenvalue weighted by Gasteiger charge is 2.29. The van der Waals surface area contributed by atoms with Gasteiger partial charge < -0.3 is 10.1 Å². The van der Waals surface area contributed by atoms with E-state index in [4.69, 9.17) is 4.74 Å². The normalized spacial score (nSPS) is 12.5. The average Bonchev–Trinajstić information content (AvgIpc) is 2.57. The molecular weight excluding hydrogens is 371 g/mol. The molecule has 1 amide bonds. The third-order valence-corrected chi connectivity index (χ3v) is 4.90. The van der Waals surface area contributed by atoms with Crippen molar-refractivity contribution in [3.05, 3.63) is 54.3 Å². The lowest BCUT2D eigenvalue weighted by Crippen LogP contribution is -2.45. The van der Waals surface area contributed by atoms with Crippen LogP contribution in [-0.2, 0) is 14.8 Å². The van der Waals surface area contributed by atoms with Crippen molar-refractivity contribution in [2.75, 3.05) is 15.9 Å². The van der Waals surface area contributed by atoms with Crippen LogP contribution in [0.3, 0.4) is 0 Å². The molecule has 0 aliphatic carbocycles. The average molecular weight is 394 g/mol. The van der Waals surface area contributed by atoms with E-state index in [9.17, 15) is 17.6 Å². The van der Waals surface area contributed by atoms with E-state index in [1.54, 1.807) is 24.3 Å². The molecule has 0 fully saturated rings. The molecule has 2 rings (SSSR count). The van der Waals surface area contributed by atoms with Crippen molar-refractivity contribution in [1.82, 2.24) is 0 Å². The van der Waals surface area contributed by atoms with Crippen molar-refractivity contribution < 1.29 is 22.3 Å². The molecule has 1 atom stereocenters. The number of amides is 1. The van der Waals surface area contributed by atoms with Crippen molar-refractivity contribution in [2.45, 2.75) is 32.9 Å². The van der Waals surface area contributed by atoms with Crippen LogP contribution in [0.15, 0.2) is 48.5 Å². The van der Waals surface area contributed by atoms with Gasteiger partial charge in [-0.25, -0.2) is 12.8 Å². The molecule has 2 aromatic carbocycles. The summed E-state index contributed by atoms with van der Waals surface area (Å²) in [4.78, 5) is 12.6. The molecule has 1 N–H and O–H groups in total. The number of ether oxygens (including phenoxy) is 1. The summed E-state index contributed by atoms with van der Waals surface area (Å²) in [5, 5.41) is 2.68. The fraction of sp³-hybridized carbons (Fsp3) is 0.316. The van der Waals surface area contributed by atoms with E-state index in [-0.39, 0.29) is 11.8 Å². The Balaban J connectivity index is 2.18. The maximum atomic E-state index is 13.1. The van der Waals surface area contributed by atoms with E-state index in [1.165, 1.54) is 19.1 Å². The van der Waals surface area contributed by atoms with Crippen molar-refractivity contribution >= 4 is 27.3 Å². The molecule has 0 saturated heterocycles.